The van der Waals surface area contributed by atoms with Crippen LogP contribution < -0.4 is 5.56 Å². The summed E-state index contributed by atoms with van der Waals surface area (Å²) in [5, 5.41) is 0.996. The minimum absolute atomic E-state index is 0.0201. The van der Waals surface area contributed by atoms with Crippen LogP contribution in [0.3, 0.4) is 0 Å². The standard InChI is InChI=1S/C21H27N3O3/c1-15-6-7-19-16(11-15)12-17(20(25)22-19)13-24(14-18-5-4-10-27-18)21(26)23-8-2-3-9-23/h6-7,11-12,18H,2-5,8-10,13-14H2,1H3,(H,22,25). The molecule has 0 radical (unpaired) electrons. The van der Waals surface area contributed by atoms with E-state index in [9.17, 15) is 9.59 Å². The number of rotatable bonds is 4. The van der Waals surface area contributed by atoms with Crippen LogP contribution in [0.15, 0.2) is 29.1 Å². The molecule has 4 rings (SSSR count). The summed E-state index contributed by atoms with van der Waals surface area (Å²) in [4.78, 5) is 32.3. The third-order valence-electron chi connectivity index (χ3n) is 5.53. The third kappa shape index (κ3) is 4.00. The molecule has 27 heavy (non-hydrogen) atoms. The van der Waals surface area contributed by atoms with E-state index in [4.69, 9.17) is 4.74 Å². The SMILES string of the molecule is Cc1ccc2[nH]c(=O)c(CN(CC3CCCO3)C(=O)N3CCCC3)cc2c1. The summed E-state index contributed by atoms with van der Waals surface area (Å²) in [5.74, 6) is 0. The summed E-state index contributed by atoms with van der Waals surface area (Å²) in [7, 11) is 0. The first-order chi connectivity index (χ1) is 13.1. The molecule has 2 aliphatic rings. The van der Waals surface area contributed by atoms with Crippen molar-refractivity contribution in [3.05, 3.63) is 45.7 Å². The second-order valence-corrected chi connectivity index (χ2v) is 7.71. The predicted octanol–water partition coefficient (Wildman–Crippen LogP) is 3.03. The molecule has 0 bridgehead atoms. The number of H-pyrrole nitrogens is 1. The predicted molar refractivity (Wildman–Crippen MR) is 105 cm³/mol. The maximum Gasteiger partial charge on any atom is 0.320 e. The van der Waals surface area contributed by atoms with Gasteiger partial charge in [0.15, 0.2) is 0 Å². The molecule has 6 nitrogen and oxygen atoms in total. The first-order valence-electron chi connectivity index (χ1n) is 9.88. The van der Waals surface area contributed by atoms with Gasteiger partial charge >= 0.3 is 6.03 Å². The van der Waals surface area contributed by atoms with Crippen LogP contribution in [0, 0.1) is 6.92 Å². The molecule has 2 saturated heterocycles. The van der Waals surface area contributed by atoms with E-state index in [1.165, 1.54) is 0 Å². The lowest BCUT2D eigenvalue weighted by atomic mass is 10.1. The Labute approximate surface area is 159 Å². The van der Waals surface area contributed by atoms with E-state index in [0.29, 0.717) is 18.7 Å². The number of carbonyl (C=O) groups excluding carboxylic acids is 1. The molecule has 1 aromatic carbocycles. The fourth-order valence-corrected chi connectivity index (χ4v) is 4.05. The number of benzene rings is 1. The molecule has 2 fully saturated rings. The molecule has 2 aliphatic heterocycles. The van der Waals surface area contributed by atoms with Crippen LogP contribution in [0.25, 0.3) is 10.9 Å². The third-order valence-corrected chi connectivity index (χ3v) is 5.53. The van der Waals surface area contributed by atoms with Crippen LogP contribution in [0.4, 0.5) is 4.79 Å². The number of ether oxygens (including phenoxy) is 1. The van der Waals surface area contributed by atoms with Gasteiger partial charge in [0.25, 0.3) is 5.56 Å². The van der Waals surface area contributed by atoms with Crippen LogP contribution in [0.2, 0.25) is 0 Å². The van der Waals surface area contributed by atoms with E-state index < -0.39 is 0 Å². The van der Waals surface area contributed by atoms with Gasteiger partial charge in [-0.05, 0) is 56.2 Å². The van der Waals surface area contributed by atoms with Gasteiger partial charge in [0, 0.05) is 37.3 Å². The van der Waals surface area contributed by atoms with Crippen LogP contribution >= 0.6 is 0 Å². The fourth-order valence-electron chi connectivity index (χ4n) is 4.05. The Bertz CT molecular complexity index is 880. The summed E-state index contributed by atoms with van der Waals surface area (Å²) < 4.78 is 5.75. The summed E-state index contributed by atoms with van der Waals surface area (Å²) in [6.07, 6.45) is 4.17. The van der Waals surface area contributed by atoms with Crippen molar-refractivity contribution in [3.8, 4) is 0 Å². The maximum absolute atomic E-state index is 13.1. The van der Waals surface area contributed by atoms with Crippen LogP contribution in [-0.2, 0) is 11.3 Å². The number of aromatic nitrogens is 1. The number of nitrogens with one attached hydrogen (secondary N) is 1. The first kappa shape index (κ1) is 18.0. The molecule has 6 heteroatoms. The average molecular weight is 369 g/mol. The van der Waals surface area contributed by atoms with Gasteiger partial charge in [-0.2, -0.15) is 0 Å². The Balaban J connectivity index is 1.61. The van der Waals surface area contributed by atoms with E-state index in [1.807, 2.05) is 30.0 Å². The first-order valence-corrected chi connectivity index (χ1v) is 9.88. The zero-order chi connectivity index (χ0) is 18.8. The van der Waals surface area contributed by atoms with Gasteiger partial charge in [-0.25, -0.2) is 4.79 Å². The molecular weight excluding hydrogens is 342 g/mol. The van der Waals surface area contributed by atoms with Gasteiger partial charge in [0.1, 0.15) is 0 Å². The van der Waals surface area contributed by atoms with Crippen molar-refractivity contribution < 1.29 is 9.53 Å². The Morgan fingerprint density at radius 2 is 2.07 bits per heavy atom. The lowest BCUT2D eigenvalue weighted by Gasteiger charge is -2.29. The van der Waals surface area contributed by atoms with Gasteiger partial charge in [0.05, 0.1) is 12.6 Å². The Morgan fingerprint density at radius 1 is 1.26 bits per heavy atom. The van der Waals surface area contributed by atoms with E-state index in [0.717, 1.165) is 61.8 Å². The number of amides is 2. The minimum Gasteiger partial charge on any atom is -0.376 e. The van der Waals surface area contributed by atoms with E-state index in [-0.39, 0.29) is 17.7 Å². The molecular formula is C21H27N3O3. The zero-order valence-corrected chi connectivity index (χ0v) is 15.9. The summed E-state index contributed by atoms with van der Waals surface area (Å²) in [6.45, 7) is 5.24. The number of hydrogen-bond acceptors (Lipinski definition) is 3. The number of urea groups is 1. The molecule has 0 saturated carbocycles. The number of aryl methyl sites for hydroxylation is 1. The quantitative estimate of drug-likeness (QED) is 0.901. The van der Waals surface area contributed by atoms with Crippen molar-refractivity contribution in [1.29, 1.82) is 0 Å². The van der Waals surface area contributed by atoms with Gasteiger partial charge in [-0.3, -0.25) is 4.79 Å². The highest BCUT2D eigenvalue weighted by atomic mass is 16.5. The number of aromatic amines is 1. The van der Waals surface area contributed by atoms with Gasteiger partial charge < -0.3 is 19.5 Å². The summed E-state index contributed by atoms with van der Waals surface area (Å²) in [6, 6.07) is 7.91. The largest absolute Gasteiger partial charge is 0.376 e. The molecule has 1 atom stereocenters. The highest BCUT2D eigenvalue weighted by Gasteiger charge is 2.28. The fraction of sp³-hybridized carbons (Fsp3) is 0.524. The lowest BCUT2D eigenvalue weighted by Crippen LogP contribution is -2.45. The van der Waals surface area contributed by atoms with Crippen molar-refractivity contribution in [3.63, 3.8) is 0 Å². The summed E-state index contributed by atoms with van der Waals surface area (Å²) >= 11 is 0. The molecule has 1 aromatic heterocycles. The highest BCUT2D eigenvalue weighted by Crippen LogP contribution is 2.19. The number of likely N-dealkylation sites (tertiary alicyclic amines) is 1. The molecule has 1 N–H and O–H groups in total. The van der Waals surface area contributed by atoms with Crippen molar-refractivity contribution in [2.45, 2.75) is 45.3 Å². The van der Waals surface area contributed by atoms with Crippen molar-refractivity contribution >= 4 is 16.9 Å². The average Bonchev–Trinajstić information content (AvgIpc) is 3.35. The van der Waals surface area contributed by atoms with Crippen molar-refractivity contribution in [1.82, 2.24) is 14.8 Å². The molecule has 1 unspecified atom stereocenters. The second-order valence-electron chi connectivity index (χ2n) is 7.71. The van der Waals surface area contributed by atoms with Gasteiger partial charge in [-0.1, -0.05) is 11.6 Å². The van der Waals surface area contributed by atoms with E-state index >= 15 is 0 Å². The Morgan fingerprint density at radius 3 is 2.81 bits per heavy atom. The van der Waals surface area contributed by atoms with Crippen LogP contribution in [0.1, 0.15) is 36.8 Å². The number of pyridine rings is 1. The normalized spacial score (nSPS) is 19.7. The Kier molecular flexibility index (Phi) is 5.16. The smallest absolute Gasteiger partial charge is 0.320 e. The number of carbonyl (C=O) groups is 1. The maximum atomic E-state index is 13.1. The van der Waals surface area contributed by atoms with E-state index in [1.54, 1.807) is 4.90 Å². The number of fused-ring (bicyclic) bond motifs is 1. The Hall–Kier alpha value is -2.34. The zero-order valence-electron chi connectivity index (χ0n) is 15.9. The minimum atomic E-state index is -0.127. The molecule has 3 heterocycles. The molecule has 2 aromatic rings. The van der Waals surface area contributed by atoms with Crippen molar-refractivity contribution in [2.24, 2.45) is 0 Å². The lowest BCUT2D eigenvalue weighted by molar-refractivity contribution is 0.0725. The molecule has 0 spiro atoms. The summed E-state index contributed by atoms with van der Waals surface area (Å²) in [5.41, 5.74) is 2.47. The number of hydrogen-bond donors (Lipinski definition) is 1. The molecule has 144 valence electrons. The number of nitrogens with zero attached hydrogens (tertiary/aromatic N) is 2. The molecule has 0 aliphatic carbocycles. The van der Waals surface area contributed by atoms with E-state index in [2.05, 4.69) is 11.1 Å². The van der Waals surface area contributed by atoms with Crippen molar-refractivity contribution in [2.75, 3.05) is 26.2 Å². The second kappa shape index (κ2) is 7.72. The topological polar surface area (TPSA) is 65.6 Å². The van der Waals surface area contributed by atoms with Crippen LogP contribution in [-0.4, -0.2) is 53.2 Å². The van der Waals surface area contributed by atoms with Gasteiger partial charge in [-0.15, -0.1) is 0 Å². The van der Waals surface area contributed by atoms with Crippen LogP contribution in [0.5, 0.6) is 0 Å². The van der Waals surface area contributed by atoms with Gasteiger partial charge in [0.2, 0.25) is 0 Å². The monoisotopic (exact) mass is 369 g/mol. The highest BCUT2D eigenvalue weighted by molar-refractivity contribution is 5.80. The molecule has 2 amide bonds.